The maximum atomic E-state index is 11.9. The zero-order valence-corrected chi connectivity index (χ0v) is 12.0. The molecular weight excluding hydrogens is 270 g/mol. The Morgan fingerprint density at radius 2 is 2.19 bits per heavy atom. The van der Waals surface area contributed by atoms with E-state index in [9.17, 15) is 9.90 Å². The second kappa shape index (κ2) is 6.26. The van der Waals surface area contributed by atoms with E-state index in [1.807, 2.05) is 30.5 Å². The minimum atomic E-state index is -1.34. The molecule has 1 heterocycles. The summed E-state index contributed by atoms with van der Waals surface area (Å²) in [6.07, 6.45) is 2.25. The Kier molecular flexibility index (Phi) is 4.62. The summed E-state index contributed by atoms with van der Waals surface area (Å²) in [5, 5.41) is 22.2. The van der Waals surface area contributed by atoms with E-state index in [1.165, 1.54) is 6.92 Å². The molecule has 1 aromatic carbocycles. The molecule has 0 radical (unpaired) electrons. The molecule has 0 bridgehead atoms. The van der Waals surface area contributed by atoms with Gasteiger partial charge in [0.15, 0.2) is 0 Å². The quantitative estimate of drug-likeness (QED) is 0.511. The number of carbonyl (C=O) groups excluding carboxylic acids is 1. The van der Waals surface area contributed by atoms with Gasteiger partial charge in [0.1, 0.15) is 5.60 Å². The van der Waals surface area contributed by atoms with Crippen LogP contribution in [0.25, 0.3) is 10.9 Å². The first kappa shape index (κ1) is 15.5. The van der Waals surface area contributed by atoms with Gasteiger partial charge in [0, 0.05) is 23.6 Å². The number of hydrogen-bond acceptors (Lipinski definition) is 4. The third kappa shape index (κ3) is 3.81. The lowest BCUT2D eigenvalue weighted by molar-refractivity contribution is -0.123. The number of aliphatic hydroxyl groups excluding tert-OH is 1. The van der Waals surface area contributed by atoms with Gasteiger partial charge in [-0.25, -0.2) is 0 Å². The topological polar surface area (TPSA) is 111 Å². The number of rotatable bonds is 6. The van der Waals surface area contributed by atoms with Crippen LogP contribution in [0.3, 0.4) is 0 Å². The molecule has 6 nitrogen and oxygen atoms in total. The molecule has 0 saturated heterocycles. The number of aliphatic hydroxyl groups is 2. The summed E-state index contributed by atoms with van der Waals surface area (Å²) < 4.78 is 0. The second-order valence-electron chi connectivity index (χ2n) is 5.54. The number of amides is 1. The average Bonchev–Trinajstić information content (AvgIpc) is 2.88. The highest BCUT2D eigenvalue weighted by Gasteiger charge is 2.22. The van der Waals surface area contributed by atoms with Crippen LogP contribution in [0.15, 0.2) is 30.5 Å². The van der Waals surface area contributed by atoms with Crippen molar-refractivity contribution in [3.63, 3.8) is 0 Å². The molecule has 0 aliphatic rings. The fourth-order valence-electron chi connectivity index (χ4n) is 2.09. The maximum Gasteiger partial charge on any atom is 0.237 e. The summed E-state index contributed by atoms with van der Waals surface area (Å²) in [6.45, 7) is 0.980. The number of benzene rings is 1. The van der Waals surface area contributed by atoms with Gasteiger partial charge < -0.3 is 26.2 Å². The molecule has 114 valence electrons. The monoisotopic (exact) mass is 291 g/mol. The molecular formula is C15H21N3O3. The van der Waals surface area contributed by atoms with Gasteiger partial charge in [-0.15, -0.1) is 0 Å². The van der Waals surface area contributed by atoms with E-state index >= 15 is 0 Å². The van der Waals surface area contributed by atoms with E-state index in [1.54, 1.807) is 0 Å². The van der Waals surface area contributed by atoms with Crippen molar-refractivity contribution < 1.29 is 15.0 Å². The van der Waals surface area contributed by atoms with Crippen molar-refractivity contribution in [2.75, 3.05) is 13.2 Å². The Morgan fingerprint density at radius 3 is 2.90 bits per heavy atom. The van der Waals surface area contributed by atoms with Crippen LogP contribution < -0.4 is 11.1 Å². The highest BCUT2D eigenvalue weighted by molar-refractivity contribution is 5.86. The molecule has 2 rings (SSSR count). The molecule has 6 heteroatoms. The first-order valence-corrected chi connectivity index (χ1v) is 6.84. The van der Waals surface area contributed by atoms with Gasteiger partial charge in [0.2, 0.25) is 5.91 Å². The minimum Gasteiger partial charge on any atom is -0.393 e. The van der Waals surface area contributed by atoms with Crippen LogP contribution in [-0.4, -0.2) is 45.9 Å². The lowest BCUT2D eigenvalue weighted by Gasteiger charge is -2.21. The van der Waals surface area contributed by atoms with Crippen molar-refractivity contribution in [1.82, 2.24) is 10.3 Å². The minimum absolute atomic E-state index is 0.0378. The third-order valence-corrected chi connectivity index (χ3v) is 3.44. The predicted octanol–water partition coefficient (Wildman–Crippen LogP) is -0.103. The first-order chi connectivity index (χ1) is 9.93. The Balaban J connectivity index is 1.98. The van der Waals surface area contributed by atoms with E-state index in [0.29, 0.717) is 6.42 Å². The van der Waals surface area contributed by atoms with Gasteiger partial charge >= 0.3 is 0 Å². The number of para-hydroxylation sites is 1. The Labute approximate surface area is 123 Å². The molecule has 21 heavy (non-hydrogen) atoms. The Bertz CT molecular complexity index is 621. The molecule has 1 aromatic heterocycles. The van der Waals surface area contributed by atoms with E-state index in [0.717, 1.165) is 16.5 Å². The van der Waals surface area contributed by atoms with Crippen molar-refractivity contribution in [3.8, 4) is 0 Å². The molecule has 0 fully saturated rings. The molecule has 2 unspecified atom stereocenters. The highest BCUT2D eigenvalue weighted by Crippen LogP contribution is 2.18. The summed E-state index contributed by atoms with van der Waals surface area (Å²) in [7, 11) is 0. The third-order valence-electron chi connectivity index (χ3n) is 3.44. The smallest absolute Gasteiger partial charge is 0.237 e. The van der Waals surface area contributed by atoms with Crippen LogP contribution in [0, 0.1) is 0 Å². The van der Waals surface area contributed by atoms with Crippen LogP contribution in [-0.2, 0) is 11.2 Å². The van der Waals surface area contributed by atoms with Gasteiger partial charge in [0.25, 0.3) is 0 Å². The summed E-state index contributed by atoms with van der Waals surface area (Å²) in [6, 6.07) is 7.10. The number of hydrogen-bond donors (Lipinski definition) is 5. The van der Waals surface area contributed by atoms with Gasteiger partial charge in [-0.05, 0) is 25.0 Å². The number of aromatic amines is 1. The molecule has 0 saturated carbocycles. The zero-order valence-electron chi connectivity index (χ0n) is 12.0. The number of nitrogens with one attached hydrogen (secondary N) is 2. The van der Waals surface area contributed by atoms with Gasteiger partial charge in [0.05, 0.1) is 12.6 Å². The number of H-pyrrole nitrogens is 1. The SMILES string of the molecule is CC(O)(CO)CNC(=O)C(N)Cc1c[nH]c2ccccc12. The molecule has 0 aliphatic heterocycles. The van der Waals surface area contributed by atoms with Crippen molar-refractivity contribution in [3.05, 3.63) is 36.0 Å². The Morgan fingerprint density at radius 1 is 1.48 bits per heavy atom. The van der Waals surface area contributed by atoms with Crippen LogP contribution in [0.2, 0.25) is 0 Å². The highest BCUT2D eigenvalue weighted by atomic mass is 16.3. The number of carbonyl (C=O) groups is 1. The van der Waals surface area contributed by atoms with E-state index in [4.69, 9.17) is 10.8 Å². The first-order valence-electron chi connectivity index (χ1n) is 6.84. The van der Waals surface area contributed by atoms with Crippen molar-refractivity contribution in [2.24, 2.45) is 5.73 Å². The molecule has 6 N–H and O–H groups in total. The fourth-order valence-corrected chi connectivity index (χ4v) is 2.09. The molecule has 0 aliphatic carbocycles. The largest absolute Gasteiger partial charge is 0.393 e. The number of nitrogens with two attached hydrogens (primary N) is 1. The van der Waals surface area contributed by atoms with Crippen LogP contribution >= 0.6 is 0 Å². The average molecular weight is 291 g/mol. The Hall–Kier alpha value is -1.89. The van der Waals surface area contributed by atoms with E-state index in [-0.39, 0.29) is 12.5 Å². The molecule has 1 amide bonds. The fraction of sp³-hybridized carbons (Fsp3) is 0.400. The summed E-state index contributed by atoms with van der Waals surface area (Å²) in [5.41, 5.74) is 6.54. The molecule has 2 aromatic rings. The van der Waals surface area contributed by atoms with Crippen molar-refractivity contribution in [1.29, 1.82) is 0 Å². The van der Waals surface area contributed by atoms with E-state index in [2.05, 4.69) is 10.3 Å². The van der Waals surface area contributed by atoms with Gasteiger partial charge in [-0.3, -0.25) is 4.79 Å². The van der Waals surface area contributed by atoms with Crippen LogP contribution in [0.1, 0.15) is 12.5 Å². The van der Waals surface area contributed by atoms with Crippen molar-refractivity contribution >= 4 is 16.8 Å². The van der Waals surface area contributed by atoms with Gasteiger partial charge in [-0.1, -0.05) is 18.2 Å². The maximum absolute atomic E-state index is 11.9. The molecule has 2 atom stereocenters. The predicted molar refractivity (Wildman–Crippen MR) is 80.7 cm³/mol. The van der Waals surface area contributed by atoms with E-state index < -0.39 is 18.2 Å². The lowest BCUT2D eigenvalue weighted by atomic mass is 10.0. The summed E-state index contributed by atoms with van der Waals surface area (Å²) in [4.78, 5) is 15.1. The standard InChI is InChI=1S/C15H21N3O3/c1-15(21,9-19)8-18-14(20)12(16)6-10-7-17-13-5-3-2-4-11(10)13/h2-5,7,12,17,19,21H,6,8-9,16H2,1H3,(H,18,20). The van der Waals surface area contributed by atoms with Crippen LogP contribution in [0.5, 0.6) is 0 Å². The summed E-state index contributed by atoms with van der Waals surface area (Å²) in [5.74, 6) is -0.353. The lowest BCUT2D eigenvalue weighted by Crippen LogP contribution is -2.49. The number of fused-ring (bicyclic) bond motifs is 1. The zero-order chi connectivity index (χ0) is 15.5. The second-order valence-corrected chi connectivity index (χ2v) is 5.54. The summed E-state index contributed by atoms with van der Waals surface area (Å²) >= 11 is 0. The van der Waals surface area contributed by atoms with Gasteiger partial charge in [-0.2, -0.15) is 0 Å². The number of aromatic nitrogens is 1. The normalized spacial score (nSPS) is 15.6. The molecule has 0 spiro atoms. The van der Waals surface area contributed by atoms with Crippen LogP contribution in [0.4, 0.5) is 0 Å². The van der Waals surface area contributed by atoms with Crippen molar-refractivity contribution in [2.45, 2.75) is 25.0 Å².